The minimum atomic E-state index is -0.739. The minimum Gasteiger partial charge on any atom is -0.467 e. The SMILES string of the molecule is COCCOCC(=O)N[C@H](CCCC#N)C(=O)OC. The van der Waals surface area contributed by atoms with Gasteiger partial charge in [0.25, 0.3) is 0 Å². The summed E-state index contributed by atoms with van der Waals surface area (Å²) in [6.45, 7) is 0.562. The Kier molecular flexibility index (Phi) is 10.4. The maximum absolute atomic E-state index is 11.5. The number of amides is 1. The fourth-order valence-corrected chi connectivity index (χ4v) is 1.32. The summed E-state index contributed by atoms with van der Waals surface area (Å²) in [5, 5.41) is 11.0. The Balaban J connectivity index is 4.05. The van der Waals surface area contributed by atoms with Crippen LogP contribution >= 0.6 is 0 Å². The van der Waals surface area contributed by atoms with Crippen LogP contribution in [0.3, 0.4) is 0 Å². The van der Waals surface area contributed by atoms with E-state index >= 15 is 0 Å². The van der Waals surface area contributed by atoms with Gasteiger partial charge in [-0.25, -0.2) is 4.79 Å². The number of ether oxygens (including phenoxy) is 3. The van der Waals surface area contributed by atoms with E-state index in [2.05, 4.69) is 10.1 Å². The molecule has 7 heteroatoms. The molecule has 0 spiro atoms. The van der Waals surface area contributed by atoms with Crippen LogP contribution in [0.2, 0.25) is 0 Å². The predicted molar refractivity (Wildman–Crippen MR) is 66.1 cm³/mol. The van der Waals surface area contributed by atoms with Crippen molar-refractivity contribution in [2.24, 2.45) is 0 Å². The molecule has 108 valence electrons. The van der Waals surface area contributed by atoms with Crippen LogP contribution in [0.15, 0.2) is 0 Å². The van der Waals surface area contributed by atoms with Crippen LogP contribution in [-0.2, 0) is 23.8 Å². The molecule has 0 rings (SSSR count). The van der Waals surface area contributed by atoms with Gasteiger partial charge in [-0.1, -0.05) is 0 Å². The molecule has 1 amide bonds. The van der Waals surface area contributed by atoms with Gasteiger partial charge in [0.15, 0.2) is 0 Å². The fourth-order valence-electron chi connectivity index (χ4n) is 1.32. The van der Waals surface area contributed by atoms with Gasteiger partial charge in [0, 0.05) is 13.5 Å². The second-order valence-corrected chi connectivity index (χ2v) is 3.74. The molecule has 7 nitrogen and oxygen atoms in total. The van der Waals surface area contributed by atoms with E-state index in [0.717, 1.165) is 0 Å². The number of nitriles is 1. The predicted octanol–water partition coefficient (Wildman–Crippen LogP) is 0.00108. The van der Waals surface area contributed by atoms with Crippen molar-refractivity contribution in [1.29, 1.82) is 5.26 Å². The lowest BCUT2D eigenvalue weighted by atomic mass is 10.1. The van der Waals surface area contributed by atoms with Gasteiger partial charge in [-0.05, 0) is 12.8 Å². The van der Waals surface area contributed by atoms with Gasteiger partial charge in [-0.15, -0.1) is 0 Å². The topological polar surface area (TPSA) is 97.6 Å². The Hall–Kier alpha value is -1.65. The van der Waals surface area contributed by atoms with E-state index in [1.54, 1.807) is 0 Å². The summed E-state index contributed by atoms with van der Waals surface area (Å²) < 4.78 is 14.4. The summed E-state index contributed by atoms with van der Waals surface area (Å²) in [5.41, 5.74) is 0. The number of methoxy groups -OCH3 is 2. The van der Waals surface area contributed by atoms with Crippen molar-refractivity contribution < 1.29 is 23.8 Å². The van der Waals surface area contributed by atoms with Crippen LogP contribution in [0.1, 0.15) is 19.3 Å². The van der Waals surface area contributed by atoms with E-state index in [-0.39, 0.29) is 6.61 Å². The number of nitrogens with one attached hydrogen (secondary N) is 1. The molecule has 0 aromatic rings. The van der Waals surface area contributed by atoms with Crippen LogP contribution in [0, 0.1) is 11.3 Å². The van der Waals surface area contributed by atoms with Crippen LogP contribution in [0.4, 0.5) is 0 Å². The van der Waals surface area contributed by atoms with Crippen molar-refractivity contribution in [3.63, 3.8) is 0 Å². The van der Waals surface area contributed by atoms with Gasteiger partial charge in [0.05, 0.1) is 26.4 Å². The molecule has 0 aliphatic rings. The van der Waals surface area contributed by atoms with Crippen LogP contribution in [0.5, 0.6) is 0 Å². The highest BCUT2D eigenvalue weighted by Crippen LogP contribution is 2.02. The van der Waals surface area contributed by atoms with Gasteiger partial charge in [-0.3, -0.25) is 4.79 Å². The summed E-state index contributed by atoms with van der Waals surface area (Å²) >= 11 is 0. The molecule has 0 saturated heterocycles. The number of nitrogens with zero attached hydrogens (tertiary/aromatic N) is 1. The van der Waals surface area contributed by atoms with Gasteiger partial charge < -0.3 is 19.5 Å². The van der Waals surface area contributed by atoms with Gasteiger partial charge in [0.1, 0.15) is 12.6 Å². The van der Waals surface area contributed by atoms with E-state index in [4.69, 9.17) is 14.7 Å². The summed E-state index contributed by atoms with van der Waals surface area (Å²) in [6, 6.07) is 1.24. The molecule has 0 aromatic heterocycles. The molecule has 0 fully saturated rings. The summed E-state index contributed by atoms with van der Waals surface area (Å²) in [5.74, 6) is -0.924. The lowest BCUT2D eigenvalue weighted by molar-refractivity contribution is -0.146. The summed E-state index contributed by atoms with van der Waals surface area (Å²) in [7, 11) is 2.78. The molecule has 0 heterocycles. The Morgan fingerprint density at radius 1 is 1.32 bits per heavy atom. The highest BCUT2D eigenvalue weighted by molar-refractivity contribution is 5.84. The third kappa shape index (κ3) is 8.99. The van der Waals surface area contributed by atoms with Crippen molar-refractivity contribution in [3.05, 3.63) is 0 Å². The van der Waals surface area contributed by atoms with E-state index in [0.29, 0.717) is 32.5 Å². The van der Waals surface area contributed by atoms with Crippen LogP contribution in [0.25, 0.3) is 0 Å². The Morgan fingerprint density at radius 2 is 2.05 bits per heavy atom. The van der Waals surface area contributed by atoms with Crippen molar-refractivity contribution in [3.8, 4) is 6.07 Å². The second-order valence-electron chi connectivity index (χ2n) is 3.74. The molecule has 1 atom stereocenters. The molecular weight excluding hydrogens is 252 g/mol. The van der Waals surface area contributed by atoms with Gasteiger partial charge >= 0.3 is 5.97 Å². The first kappa shape index (κ1) is 17.4. The number of carbonyl (C=O) groups excluding carboxylic acids is 2. The molecule has 0 aliphatic heterocycles. The normalized spacial score (nSPS) is 11.4. The summed E-state index contributed by atoms with van der Waals surface area (Å²) in [6.07, 6.45) is 1.21. The quantitative estimate of drug-likeness (QED) is 0.444. The van der Waals surface area contributed by atoms with Crippen molar-refractivity contribution in [2.45, 2.75) is 25.3 Å². The molecule has 1 N–H and O–H groups in total. The highest BCUT2D eigenvalue weighted by Gasteiger charge is 2.20. The zero-order chi connectivity index (χ0) is 14.5. The van der Waals surface area contributed by atoms with Crippen molar-refractivity contribution in [2.75, 3.05) is 34.0 Å². The lowest BCUT2D eigenvalue weighted by Crippen LogP contribution is -2.43. The second kappa shape index (κ2) is 11.4. The zero-order valence-corrected chi connectivity index (χ0v) is 11.3. The highest BCUT2D eigenvalue weighted by atomic mass is 16.5. The van der Waals surface area contributed by atoms with E-state index < -0.39 is 17.9 Å². The number of unbranched alkanes of at least 4 members (excludes halogenated alkanes) is 1. The first-order valence-corrected chi connectivity index (χ1v) is 5.96. The standard InChI is InChI=1S/C12H20N2O5/c1-17-7-8-19-9-11(15)14-10(12(16)18-2)5-3-4-6-13/h10H,3-5,7-9H2,1-2H3,(H,14,15)/t10-/m1/s1. The molecule has 0 radical (unpaired) electrons. The third-order valence-electron chi connectivity index (χ3n) is 2.27. The Labute approximate surface area is 112 Å². The molecule has 0 saturated carbocycles. The molecule has 0 aliphatic carbocycles. The van der Waals surface area contributed by atoms with Crippen LogP contribution in [-0.4, -0.2) is 52.0 Å². The van der Waals surface area contributed by atoms with Crippen LogP contribution < -0.4 is 5.32 Å². The van der Waals surface area contributed by atoms with E-state index in [1.165, 1.54) is 14.2 Å². The number of rotatable bonds is 10. The number of hydrogen-bond donors (Lipinski definition) is 1. The zero-order valence-electron chi connectivity index (χ0n) is 11.3. The molecule has 0 bridgehead atoms. The molecule has 19 heavy (non-hydrogen) atoms. The first-order valence-electron chi connectivity index (χ1n) is 5.96. The minimum absolute atomic E-state index is 0.144. The first-order chi connectivity index (χ1) is 9.15. The monoisotopic (exact) mass is 272 g/mol. The number of hydrogen-bond acceptors (Lipinski definition) is 6. The largest absolute Gasteiger partial charge is 0.467 e. The third-order valence-corrected chi connectivity index (χ3v) is 2.27. The van der Waals surface area contributed by atoms with Crippen molar-refractivity contribution >= 4 is 11.9 Å². The summed E-state index contributed by atoms with van der Waals surface area (Å²) in [4.78, 5) is 23.0. The lowest BCUT2D eigenvalue weighted by Gasteiger charge is -2.15. The molecule has 0 aromatic carbocycles. The molecular formula is C12H20N2O5. The van der Waals surface area contributed by atoms with Gasteiger partial charge in [-0.2, -0.15) is 5.26 Å². The van der Waals surface area contributed by atoms with E-state index in [1.807, 2.05) is 6.07 Å². The average Bonchev–Trinajstić information content (AvgIpc) is 2.42. The fraction of sp³-hybridized carbons (Fsp3) is 0.750. The van der Waals surface area contributed by atoms with Crippen molar-refractivity contribution in [1.82, 2.24) is 5.32 Å². The number of carbonyl (C=O) groups is 2. The average molecular weight is 272 g/mol. The maximum atomic E-state index is 11.5. The number of esters is 1. The molecule has 0 unspecified atom stereocenters. The maximum Gasteiger partial charge on any atom is 0.328 e. The van der Waals surface area contributed by atoms with E-state index in [9.17, 15) is 9.59 Å². The van der Waals surface area contributed by atoms with Gasteiger partial charge in [0.2, 0.25) is 5.91 Å². The smallest absolute Gasteiger partial charge is 0.328 e. The Bertz CT molecular complexity index is 314. The Morgan fingerprint density at radius 3 is 2.63 bits per heavy atom.